The SMILES string of the molecule is Cc1ccc(-c2[c-]cc(CCc3cc(CCc4c[c-]c(-c5ccc(C)cn5)cc4)cc(-c4ccccc4-c4c[c-]c(-c5cc(-c6ccc(-c7ccccc7)cc6C)c(C)cn5)cc4)c3)cc2)nc1.[Ir+3]. The number of hydrogen-bond donors (Lipinski definition) is 0. The second-order valence-electron chi connectivity index (χ2n) is 18.0. The smallest absolute Gasteiger partial charge is 0.304 e. The van der Waals surface area contributed by atoms with Crippen LogP contribution in [-0.2, 0) is 45.8 Å². The molecule has 0 aliphatic rings. The van der Waals surface area contributed by atoms with Gasteiger partial charge in [-0.25, -0.2) is 0 Å². The summed E-state index contributed by atoms with van der Waals surface area (Å²) in [6, 6.07) is 73.9. The minimum absolute atomic E-state index is 0. The topological polar surface area (TPSA) is 38.7 Å². The summed E-state index contributed by atoms with van der Waals surface area (Å²) >= 11 is 0. The molecule has 0 saturated carbocycles. The molecule has 0 spiro atoms. The molecular weight excluding hydrogens is 1010 g/mol. The molecule has 336 valence electrons. The van der Waals surface area contributed by atoms with Gasteiger partial charge in [0.25, 0.3) is 0 Å². The largest absolute Gasteiger partial charge is 3.00 e. The first-order valence-corrected chi connectivity index (χ1v) is 23.5. The fourth-order valence-corrected chi connectivity index (χ4v) is 9.06. The third-order valence-corrected chi connectivity index (χ3v) is 13.0. The Bertz CT molecular complexity index is 3210. The van der Waals surface area contributed by atoms with Crippen molar-refractivity contribution in [3.63, 3.8) is 0 Å². The van der Waals surface area contributed by atoms with E-state index in [2.05, 4.69) is 232 Å². The Balaban J connectivity index is 0.00000593. The van der Waals surface area contributed by atoms with Crippen molar-refractivity contribution in [1.82, 2.24) is 15.0 Å². The van der Waals surface area contributed by atoms with Crippen molar-refractivity contribution < 1.29 is 20.1 Å². The molecule has 0 saturated heterocycles. The van der Waals surface area contributed by atoms with Gasteiger partial charge >= 0.3 is 20.1 Å². The van der Waals surface area contributed by atoms with Gasteiger partial charge in [-0.15, -0.1) is 101 Å². The number of hydrogen-bond acceptors (Lipinski definition) is 3. The fraction of sp³-hybridized carbons (Fsp3) is 0.123. The quantitative estimate of drug-likeness (QED) is 0.108. The fourth-order valence-electron chi connectivity index (χ4n) is 9.06. The maximum Gasteiger partial charge on any atom is 3.00 e. The van der Waals surface area contributed by atoms with Crippen LogP contribution in [0.1, 0.15) is 44.5 Å². The molecule has 10 rings (SSSR count). The van der Waals surface area contributed by atoms with Crippen LogP contribution in [0.15, 0.2) is 195 Å². The summed E-state index contributed by atoms with van der Waals surface area (Å²) in [4.78, 5) is 14.1. The molecule has 0 aliphatic carbocycles. The van der Waals surface area contributed by atoms with Gasteiger partial charge in [0.1, 0.15) is 0 Å². The van der Waals surface area contributed by atoms with E-state index in [1.807, 2.05) is 18.6 Å². The van der Waals surface area contributed by atoms with Gasteiger partial charge in [-0.1, -0.05) is 145 Å². The van der Waals surface area contributed by atoms with Gasteiger partial charge in [0.15, 0.2) is 0 Å². The Labute approximate surface area is 421 Å². The van der Waals surface area contributed by atoms with E-state index in [4.69, 9.17) is 4.98 Å². The summed E-state index contributed by atoms with van der Waals surface area (Å²) in [5.74, 6) is 0. The molecule has 0 bridgehead atoms. The number of nitrogens with zero attached hydrogens (tertiary/aromatic N) is 3. The number of pyridine rings is 3. The molecule has 3 nitrogen and oxygen atoms in total. The number of aryl methyl sites for hydroxylation is 8. The summed E-state index contributed by atoms with van der Waals surface area (Å²) in [7, 11) is 0. The molecule has 3 heterocycles. The second kappa shape index (κ2) is 21.3. The first-order chi connectivity index (χ1) is 33.3. The van der Waals surface area contributed by atoms with Crippen LogP contribution < -0.4 is 0 Å². The van der Waals surface area contributed by atoms with Crippen molar-refractivity contribution in [2.75, 3.05) is 0 Å². The van der Waals surface area contributed by atoms with Crippen LogP contribution in [0.25, 0.3) is 78.3 Å². The van der Waals surface area contributed by atoms with Crippen LogP contribution in [-0.4, -0.2) is 15.0 Å². The average Bonchev–Trinajstić information content (AvgIpc) is 3.39. The first kappa shape index (κ1) is 46.7. The van der Waals surface area contributed by atoms with Gasteiger partial charge in [-0.2, -0.15) is 0 Å². The number of aromatic nitrogens is 3. The van der Waals surface area contributed by atoms with Gasteiger partial charge in [0, 0.05) is 18.6 Å². The van der Waals surface area contributed by atoms with Crippen molar-refractivity contribution in [3.05, 3.63) is 257 Å². The number of rotatable bonds is 13. The zero-order valence-corrected chi connectivity index (χ0v) is 41.9. The Morgan fingerprint density at radius 2 is 0.855 bits per heavy atom. The van der Waals surface area contributed by atoms with E-state index < -0.39 is 0 Å². The minimum Gasteiger partial charge on any atom is -0.304 e. The van der Waals surface area contributed by atoms with E-state index in [9.17, 15) is 0 Å². The summed E-state index contributed by atoms with van der Waals surface area (Å²) in [5.41, 5.74) is 25.2. The molecule has 0 fully saturated rings. The molecule has 3 aromatic heterocycles. The van der Waals surface area contributed by atoms with E-state index in [1.54, 1.807) is 0 Å². The molecule has 0 aliphatic heterocycles. The minimum atomic E-state index is 0. The molecular formula is C65H52IrN3. The number of benzene rings is 7. The average molecular weight is 1070 g/mol. The predicted octanol–water partition coefficient (Wildman–Crippen LogP) is 15.7. The molecule has 7 aromatic carbocycles. The van der Waals surface area contributed by atoms with Gasteiger partial charge in [0.2, 0.25) is 0 Å². The normalized spacial score (nSPS) is 11.0. The second-order valence-corrected chi connectivity index (χ2v) is 18.0. The van der Waals surface area contributed by atoms with Crippen LogP contribution in [0.4, 0.5) is 0 Å². The zero-order valence-electron chi connectivity index (χ0n) is 39.5. The van der Waals surface area contributed by atoms with Crippen molar-refractivity contribution >= 4 is 0 Å². The van der Waals surface area contributed by atoms with Crippen molar-refractivity contribution in [1.29, 1.82) is 0 Å². The predicted molar refractivity (Wildman–Crippen MR) is 281 cm³/mol. The summed E-state index contributed by atoms with van der Waals surface area (Å²) in [6.07, 6.45) is 9.46. The van der Waals surface area contributed by atoms with Crippen LogP contribution in [0.3, 0.4) is 0 Å². The Kier molecular flexibility index (Phi) is 14.4. The van der Waals surface area contributed by atoms with Crippen LogP contribution in [0, 0.1) is 45.9 Å². The Morgan fingerprint density at radius 1 is 0.333 bits per heavy atom. The van der Waals surface area contributed by atoms with Gasteiger partial charge in [-0.3, -0.25) is 0 Å². The summed E-state index contributed by atoms with van der Waals surface area (Å²) in [5, 5.41) is 0. The standard InChI is InChI=1S/C65H52N3.Ir/c1-44-14-34-63(66-41-44)54-24-20-48(21-25-54)16-18-50-37-51(19-17-49-22-26-55(27-23-49)64-35-15-45(2)42-67-64)39-58(38-50)61-13-9-8-12-60(61)53-28-30-56(31-29-53)65-40-62(47(4)43-68-65)59-33-32-57(36-46(59)3)52-10-6-5-7-11-52;/h5-15,20-24,26,28-30,32-43H,16-19H2,1-4H3;/q-3;+3. The molecule has 0 radical (unpaired) electrons. The molecule has 69 heavy (non-hydrogen) atoms. The molecule has 0 unspecified atom stereocenters. The first-order valence-electron chi connectivity index (χ1n) is 23.5. The molecule has 0 atom stereocenters. The third kappa shape index (κ3) is 11.0. The van der Waals surface area contributed by atoms with E-state index in [1.165, 1.54) is 66.8 Å². The van der Waals surface area contributed by atoms with Crippen molar-refractivity contribution in [2.24, 2.45) is 0 Å². The van der Waals surface area contributed by atoms with Gasteiger partial charge in [-0.05, 0) is 124 Å². The summed E-state index contributed by atoms with van der Waals surface area (Å²) < 4.78 is 0. The van der Waals surface area contributed by atoms with Crippen molar-refractivity contribution in [2.45, 2.75) is 53.4 Å². The third-order valence-electron chi connectivity index (χ3n) is 13.0. The van der Waals surface area contributed by atoms with E-state index >= 15 is 0 Å². The molecule has 4 heteroatoms. The Hall–Kier alpha value is -7.36. The maximum atomic E-state index is 4.90. The Morgan fingerprint density at radius 3 is 1.39 bits per heavy atom. The molecule has 0 N–H and O–H groups in total. The van der Waals surface area contributed by atoms with Gasteiger partial charge < -0.3 is 15.0 Å². The summed E-state index contributed by atoms with van der Waals surface area (Å²) in [6.45, 7) is 8.46. The maximum absolute atomic E-state index is 4.90. The van der Waals surface area contributed by atoms with Crippen LogP contribution >= 0.6 is 0 Å². The van der Waals surface area contributed by atoms with Gasteiger partial charge in [0.05, 0.1) is 0 Å². The van der Waals surface area contributed by atoms with Crippen LogP contribution in [0.2, 0.25) is 0 Å². The van der Waals surface area contributed by atoms with E-state index in [0.717, 1.165) is 81.7 Å². The van der Waals surface area contributed by atoms with Crippen LogP contribution in [0.5, 0.6) is 0 Å². The monoisotopic (exact) mass is 1070 g/mol. The van der Waals surface area contributed by atoms with E-state index in [0.29, 0.717) is 0 Å². The molecule has 0 amide bonds. The van der Waals surface area contributed by atoms with E-state index in [-0.39, 0.29) is 20.1 Å². The molecule has 10 aromatic rings. The zero-order chi connectivity index (χ0) is 46.4. The van der Waals surface area contributed by atoms with Crippen molar-refractivity contribution in [3.8, 4) is 78.3 Å².